The maximum Gasteiger partial charge on any atom is 0.416 e. The minimum Gasteiger partial charge on any atom is -0.478 e. The molecule has 0 aliphatic carbocycles. The summed E-state index contributed by atoms with van der Waals surface area (Å²) in [5, 5.41) is 13.4. The molecule has 7 nitrogen and oxygen atoms in total. The van der Waals surface area contributed by atoms with Gasteiger partial charge in [-0.2, -0.15) is 18.2 Å². The van der Waals surface area contributed by atoms with E-state index in [0.717, 1.165) is 23.3 Å². The number of rotatable bonds is 11. The second kappa shape index (κ2) is 11.1. The van der Waals surface area contributed by atoms with Crippen LogP contribution < -0.4 is 4.74 Å². The van der Waals surface area contributed by atoms with Gasteiger partial charge in [0.15, 0.2) is 11.4 Å². The molecule has 2 aromatic carbocycles. The topological polar surface area (TPSA) is 88.7 Å². The number of benzene rings is 2. The number of hydrogen-bond acceptors (Lipinski definition) is 6. The van der Waals surface area contributed by atoms with Crippen LogP contribution in [-0.2, 0) is 29.5 Å². The first-order valence-electron chi connectivity index (χ1n) is 12.3. The van der Waals surface area contributed by atoms with Crippen molar-refractivity contribution in [1.29, 1.82) is 0 Å². The Bertz CT molecular complexity index is 1220. The van der Waals surface area contributed by atoms with Crippen LogP contribution in [0.2, 0.25) is 0 Å². The number of nitrogens with zero attached hydrogens (tertiary/aromatic N) is 3. The number of aliphatic carboxylic acids is 1. The summed E-state index contributed by atoms with van der Waals surface area (Å²) in [5.74, 6) is 0.460. The molecule has 3 rings (SSSR count). The van der Waals surface area contributed by atoms with Gasteiger partial charge in [-0.05, 0) is 49.2 Å². The fourth-order valence-corrected chi connectivity index (χ4v) is 3.95. The summed E-state index contributed by atoms with van der Waals surface area (Å²) in [4.78, 5) is 17.9. The molecule has 3 aromatic rings. The number of carboxylic acid groups (broad SMARTS) is 1. The zero-order valence-corrected chi connectivity index (χ0v) is 22.5. The molecule has 0 spiro atoms. The fourth-order valence-electron chi connectivity index (χ4n) is 3.95. The minimum atomic E-state index is -4.40. The van der Waals surface area contributed by atoms with E-state index in [2.05, 4.69) is 28.9 Å². The maximum atomic E-state index is 13.0. The monoisotopic (exact) mass is 533 g/mol. The second-order valence-electron chi connectivity index (χ2n) is 10.9. The summed E-state index contributed by atoms with van der Waals surface area (Å²) in [5.41, 5.74) is -0.750. The first-order valence-corrected chi connectivity index (χ1v) is 12.3. The van der Waals surface area contributed by atoms with E-state index in [0.29, 0.717) is 37.1 Å². The molecule has 206 valence electrons. The molecule has 1 aromatic heterocycles. The quantitative estimate of drug-likeness (QED) is 0.304. The van der Waals surface area contributed by atoms with Crippen molar-refractivity contribution in [3.63, 3.8) is 0 Å². The van der Waals surface area contributed by atoms with Gasteiger partial charge in [-0.3, -0.25) is 4.90 Å². The van der Waals surface area contributed by atoms with E-state index < -0.39 is 28.7 Å². The zero-order valence-electron chi connectivity index (χ0n) is 22.5. The SMILES string of the molecule is CC(C)c1nc(CN(Cc2ccc(C(F)(F)F)cc2)CC(C)(C)c2ccc(OC(C)(C)C(=O)O)cc2)no1. The van der Waals surface area contributed by atoms with E-state index in [1.54, 1.807) is 12.1 Å². The Hall–Kier alpha value is -3.40. The highest BCUT2D eigenvalue weighted by Gasteiger charge is 2.31. The standard InChI is InChI=1S/C28H34F3N3O4/c1-18(2)24-32-23(33-38-24)16-34(15-19-7-9-21(10-8-19)28(29,30)31)17-26(3,4)20-11-13-22(14-12-20)37-27(5,6)25(35)36/h7-14,18H,15-17H2,1-6H3,(H,35,36). The van der Waals surface area contributed by atoms with Crippen LogP contribution in [0.3, 0.4) is 0 Å². The molecule has 1 heterocycles. The maximum absolute atomic E-state index is 13.0. The predicted molar refractivity (Wildman–Crippen MR) is 136 cm³/mol. The third-order valence-corrected chi connectivity index (χ3v) is 6.17. The minimum absolute atomic E-state index is 0.0721. The summed E-state index contributed by atoms with van der Waals surface area (Å²) in [6, 6.07) is 12.4. The average Bonchev–Trinajstić information content (AvgIpc) is 3.27. The van der Waals surface area contributed by atoms with Gasteiger partial charge in [0.05, 0.1) is 12.1 Å². The zero-order chi connectivity index (χ0) is 28.3. The van der Waals surface area contributed by atoms with Crippen LogP contribution in [0.5, 0.6) is 5.75 Å². The van der Waals surface area contributed by atoms with Gasteiger partial charge in [-0.25, -0.2) is 4.79 Å². The van der Waals surface area contributed by atoms with Crippen molar-refractivity contribution in [2.45, 2.75) is 77.7 Å². The molecular formula is C28H34F3N3O4. The number of alkyl halides is 3. The summed E-state index contributed by atoms with van der Waals surface area (Å²) >= 11 is 0. The Morgan fingerprint density at radius 2 is 1.55 bits per heavy atom. The average molecular weight is 534 g/mol. The number of halogens is 3. The normalized spacial score (nSPS) is 12.8. The highest BCUT2D eigenvalue weighted by molar-refractivity contribution is 5.76. The summed E-state index contributed by atoms with van der Waals surface area (Å²) in [7, 11) is 0. The van der Waals surface area contributed by atoms with Crippen LogP contribution in [0.4, 0.5) is 13.2 Å². The van der Waals surface area contributed by atoms with E-state index in [1.807, 2.05) is 26.0 Å². The van der Waals surface area contributed by atoms with Crippen LogP contribution in [0.25, 0.3) is 0 Å². The van der Waals surface area contributed by atoms with E-state index in [1.165, 1.54) is 26.0 Å². The Morgan fingerprint density at radius 1 is 0.974 bits per heavy atom. The molecule has 0 aliphatic heterocycles. The Morgan fingerprint density at radius 3 is 2.05 bits per heavy atom. The molecule has 0 saturated heterocycles. The van der Waals surface area contributed by atoms with E-state index >= 15 is 0 Å². The largest absolute Gasteiger partial charge is 0.478 e. The number of carboxylic acids is 1. The number of ether oxygens (including phenoxy) is 1. The highest BCUT2D eigenvalue weighted by atomic mass is 19.4. The molecule has 0 amide bonds. The van der Waals surface area contributed by atoms with Gasteiger partial charge in [0.2, 0.25) is 5.89 Å². The smallest absolute Gasteiger partial charge is 0.416 e. The van der Waals surface area contributed by atoms with Crippen molar-refractivity contribution in [3.8, 4) is 5.75 Å². The van der Waals surface area contributed by atoms with E-state index in [-0.39, 0.29) is 5.92 Å². The second-order valence-corrected chi connectivity index (χ2v) is 10.9. The Kier molecular flexibility index (Phi) is 8.55. The summed E-state index contributed by atoms with van der Waals surface area (Å²) in [6.45, 7) is 12.2. The lowest BCUT2D eigenvalue weighted by Gasteiger charge is -2.33. The van der Waals surface area contributed by atoms with Crippen molar-refractivity contribution in [2.75, 3.05) is 6.54 Å². The fraction of sp³-hybridized carbons (Fsp3) is 0.464. The number of carbonyl (C=O) groups is 1. The van der Waals surface area contributed by atoms with Gasteiger partial charge < -0.3 is 14.4 Å². The van der Waals surface area contributed by atoms with Crippen LogP contribution in [-0.4, -0.2) is 38.3 Å². The van der Waals surface area contributed by atoms with Crippen LogP contribution in [0.1, 0.15) is 75.9 Å². The molecule has 38 heavy (non-hydrogen) atoms. The van der Waals surface area contributed by atoms with Crippen LogP contribution >= 0.6 is 0 Å². The van der Waals surface area contributed by atoms with E-state index in [4.69, 9.17) is 9.26 Å². The van der Waals surface area contributed by atoms with Gasteiger partial charge in [-0.15, -0.1) is 0 Å². The molecule has 0 radical (unpaired) electrons. The third-order valence-electron chi connectivity index (χ3n) is 6.17. The molecule has 0 aliphatic rings. The molecular weight excluding hydrogens is 499 g/mol. The first-order chi connectivity index (χ1) is 17.6. The van der Waals surface area contributed by atoms with Crippen LogP contribution in [0, 0.1) is 0 Å². The molecule has 1 N–H and O–H groups in total. The molecule has 0 fully saturated rings. The molecule has 0 unspecified atom stereocenters. The van der Waals surface area contributed by atoms with Crippen molar-refractivity contribution in [3.05, 3.63) is 76.9 Å². The molecule has 0 saturated carbocycles. The van der Waals surface area contributed by atoms with Gasteiger partial charge in [0, 0.05) is 24.4 Å². The number of hydrogen-bond donors (Lipinski definition) is 1. The van der Waals surface area contributed by atoms with Crippen molar-refractivity contribution < 1.29 is 32.3 Å². The Balaban J connectivity index is 1.82. The van der Waals surface area contributed by atoms with Crippen molar-refractivity contribution in [1.82, 2.24) is 15.0 Å². The summed E-state index contributed by atoms with van der Waals surface area (Å²) in [6.07, 6.45) is -4.40. The lowest BCUT2D eigenvalue weighted by molar-refractivity contribution is -0.152. The predicted octanol–water partition coefficient (Wildman–Crippen LogP) is 6.43. The van der Waals surface area contributed by atoms with Gasteiger partial charge >= 0.3 is 12.1 Å². The Labute approximate surface area is 220 Å². The molecule has 0 bridgehead atoms. The highest BCUT2D eigenvalue weighted by Crippen LogP contribution is 2.31. The van der Waals surface area contributed by atoms with Gasteiger partial charge in [-0.1, -0.05) is 57.1 Å². The van der Waals surface area contributed by atoms with Crippen molar-refractivity contribution in [2.24, 2.45) is 0 Å². The third kappa shape index (κ3) is 7.56. The lowest BCUT2D eigenvalue weighted by atomic mass is 9.84. The lowest BCUT2D eigenvalue weighted by Crippen LogP contribution is -2.38. The summed E-state index contributed by atoms with van der Waals surface area (Å²) < 4.78 is 50.0. The van der Waals surface area contributed by atoms with E-state index in [9.17, 15) is 23.1 Å². The van der Waals surface area contributed by atoms with Gasteiger partial charge in [0.1, 0.15) is 5.75 Å². The van der Waals surface area contributed by atoms with Crippen molar-refractivity contribution >= 4 is 5.97 Å². The molecule has 10 heteroatoms. The number of aromatic nitrogens is 2. The molecule has 0 atom stereocenters. The van der Waals surface area contributed by atoms with Crippen LogP contribution in [0.15, 0.2) is 53.1 Å². The van der Waals surface area contributed by atoms with Gasteiger partial charge in [0.25, 0.3) is 0 Å². The first kappa shape index (κ1) is 29.2.